The van der Waals surface area contributed by atoms with E-state index in [1.165, 1.54) is 46.9 Å². The summed E-state index contributed by atoms with van der Waals surface area (Å²) in [4.78, 5) is 36.2. The molecule has 2 atom stereocenters. The Morgan fingerprint density at radius 3 is 2.16 bits per heavy atom. The van der Waals surface area contributed by atoms with Gasteiger partial charge in [0.2, 0.25) is 10.0 Å². The summed E-state index contributed by atoms with van der Waals surface area (Å²) in [6.07, 6.45) is -2.77. The number of sulfonamides is 1. The van der Waals surface area contributed by atoms with E-state index >= 15 is 4.39 Å². The Kier molecular flexibility index (Phi) is 10.6. The molecule has 3 aliphatic heterocycles. The number of benzene rings is 2. The molecule has 0 bridgehead atoms. The number of carbonyl (C=O) groups is 2. The van der Waals surface area contributed by atoms with Gasteiger partial charge in [-0.2, -0.15) is 4.31 Å². The number of halogens is 4. The lowest BCUT2D eigenvalue weighted by Crippen LogP contribution is -2.52. The molecule has 0 unspecified atom stereocenters. The molecular weight excluding hydrogens is 680 g/mol. The van der Waals surface area contributed by atoms with Crippen LogP contribution in [-0.4, -0.2) is 110 Å². The predicted molar refractivity (Wildman–Crippen MR) is 176 cm³/mol. The lowest BCUT2D eigenvalue weighted by atomic mass is 10.0. The molecule has 0 saturated carbocycles. The van der Waals surface area contributed by atoms with E-state index in [0.29, 0.717) is 64.3 Å². The summed E-state index contributed by atoms with van der Waals surface area (Å²) in [5, 5.41) is 2.72. The molecule has 16 heteroatoms. The van der Waals surface area contributed by atoms with Gasteiger partial charge in [0, 0.05) is 70.8 Å². The van der Waals surface area contributed by atoms with Gasteiger partial charge >= 0.3 is 6.36 Å². The Bertz CT molecular complexity index is 1750. The smallest absolute Gasteiger partial charge is 0.406 e. The summed E-state index contributed by atoms with van der Waals surface area (Å²) in [5.74, 6) is -1.11. The highest BCUT2D eigenvalue weighted by Gasteiger charge is 2.33. The molecule has 1 N–H and O–H groups in total. The van der Waals surface area contributed by atoms with Crippen LogP contribution in [0.5, 0.6) is 5.75 Å². The van der Waals surface area contributed by atoms with Crippen molar-refractivity contribution in [2.75, 3.05) is 57.3 Å². The van der Waals surface area contributed by atoms with E-state index in [0.717, 1.165) is 18.5 Å². The Hall–Kier alpha value is -4.28. The maximum atomic E-state index is 15.1. The molecule has 2 aromatic carbocycles. The van der Waals surface area contributed by atoms with E-state index in [-0.39, 0.29) is 34.4 Å². The summed E-state index contributed by atoms with van der Waals surface area (Å²) in [6.45, 7) is 3.91. The minimum absolute atomic E-state index is 0.0384. The van der Waals surface area contributed by atoms with Crippen LogP contribution in [0.25, 0.3) is 0 Å². The second kappa shape index (κ2) is 14.9. The number of aromatic nitrogens is 1. The van der Waals surface area contributed by atoms with Crippen molar-refractivity contribution in [2.24, 2.45) is 0 Å². The number of carbonyl (C=O) groups excluding carboxylic acids is 2. The van der Waals surface area contributed by atoms with Crippen molar-refractivity contribution in [2.45, 2.75) is 49.3 Å². The van der Waals surface area contributed by atoms with Crippen LogP contribution in [-0.2, 0) is 16.6 Å². The van der Waals surface area contributed by atoms with E-state index in [9.17, 15) is 31.2 Å². The second-order valence-electron chi connectivity index (χ2n) is 12.6. The van der Waals surface area contributed by atoms with Crippen molar-refractivity contribution >= 4 is 27.5 Å². The Morgan fingerprint density at radius 1 is 0.880 bits per heavy atom. The third-order valence-corrected chi connectivity index (χ3v) is 11.1. The van der Waals surface area contributed by atoms with Crippen LogP contribution in [0.2, 0.25) is 0 Å². The molecule has 3 saturated heterocycles. The Balaban J connectivity index is 0.951. The highest BCUT2D eigenvalue weighted by molar-refractivity contribution is 7.89. The van der Waals surface area contributed by atoms with Crippen LogP contribution in [0.1, 0.15) is 45.7 Å². The number of nitrogens with one attached hydrogen (secondary N) is 1. The number of likely N-dealkylation sites (tertiary alicyclic amines) is 1. The van der Waals surface area contributed by atoms with Crippen molar-refractivity contribution in [1.29, 1.82) is 0 Å². The van der Waals surface area contributed by atoms with Crippen molar-refractivity contribution < 1.29 is 40.3 Å². The molecule has 3 aromatic rings. The van der Waals surface area contributed by atoms with Gasteiger partial charge in [-0.05, 0) is 73.4 Å². The normalized spacial score (nSPS) is 20.9. The van der Waals surface area contributed by atoms with Crippen LogP contribution in [0.4, 0.5) is 23.2 Å². The summed E-state index contributed by atoms with van der Waals surface area (Å²) in [6, 6.07) is 14.5. The zero-order valence-electron chi connectivity index (χ0n) is 27.2. The van der Waals surface area contributed by atoms with Gasteiger partial charge in [-0.25, -0.2) is 12.8 Å². The maximum Gasteiger partial charge on any atom is 0.573 e. The number of rotatable bonds is 9. The molecule has 0 aliphatic carbocycles. The molecule has 0 radical (unpaired) electrons. The SMILES string of the molecule is O=C(N[C@@H]1CCN(Cc2ccc(OC(F)(F)F)cc2)C[C@H]1F)c1ccc(C(=O)N2CCN(c3ccc(S(=O)(=O)N4CCCC4)cc3)CC2)nc1. The number of alkyl halides is 4. The third-order valence-electron chi connectivity index (χ3n) is 9.22. The van der Waals surface area contributed by atoms with E-state index < -0.39 is 34.5 Å². The summed E-state index contributed by atoms with van der Waals surface area (Å²) < 4.78 is 83.3. The lowest BCUT2D eigenvalue weighted by Gasteiger charge is -2.36. The molecule has 1 aromatic heterocycles. The summed E-state index contributed by atoms with van der Waals surface area (Å²) in [7, 11) is -3.49. The molecule has 6 rings (SSSR count). The topological polar surface area (TPSA) is 115 Å². The van der Waals surface area contributed by atoms with Crippen LogP contribution in [0, 0.1) is 0 Å². The average Bonchev–Trinajstić information content (AvgIpc) is 3.66. The predicted octanol–water partition coefficient (Wildman–Crippen LogP) is 4.07. The summed E-state index contributed by atoms with van der Waals surface area (Å²) >= 11 is 0. The first-order chi connectivity index (χ1) is 23.9. The van der Waals surface area contributed by atoms with Gasteiger partial charge in [0.15, 0.2) is 0 Å². The quantitative estimate of drug-likeness (QED) is 0.330. The van der Waals surface area contributed by atoms with Gasteiger partial charge in [-0.1, -0.05) is 12.1 Å². The molecule has 0 spiro atoms. The van der Waals surface area contributed by atoms with Crippen LogP contribution < -0.4 is 15.0 Å². The van der Waals surface area contributed by atoms with Gasteiger partial charge in [-0.15, -0.1) is 13.2 Å². The molecule has 268 valence electrons. The van der Waals surface area contributed by atoms with Gasteiger partial charge in [-0.3, -0.25) is 19.5 Å². The Labute approximate surface area is 287 Å². The molecule has 3 fully saturated rings. The van der Waals surface area contributed by atoms with E-state index in [4.69, 9.17) is 0 Å². The number of anilines is 1. The largest absolute Gasteiger partial charge is 0.573 e. The number of ether oxygens (including phenoxy) is 1. The molecular formula is C34H38F4N6O5S. The van der Waals surface area contributed by atoms with Gasteiger partial charge in [0.05, 0.1) is 16.5 Å². The second-order valence-corrected chi connectivity index (χ2v) is 14.6. The molecule has 2 amide bonds. The number of piperazine rings is 1. The molecule has 50 heavy (non-hydrogen) atoms. The van der Waals surface area contributed by atoms with Crippen molar-refractivity contribution in [3.8, 4) is 5.75 Å². The maximum absolute atomic E-state index is 15.1. The van der Waals surface area contributed by atoms with E-state index in [1.807, 2.05) is 4.90 Å². The van der Waals surface area contributed by atoms with Crippen molar-refractivity contribution in [1.82, 2.24) is 24.4 Å². The summed E-state index contributed by atoms with van der Waals surface area (Å²) in [5.41, 5.74) is 1.95. The van der Waals surface area contributed by atoms with Gasteiger partial charge in [0.1, 0.15) is 17.6 Å². The number of hydrogen-bond acceptors (Lipinski definition) is 8. The molecule has 11 nitrogen and oxygen atoms in total. The number of nitrogens with zero attached hydrogens (tertiary/aromatic N) is 5. The minimum atomic E-state index is -4.78. The first-order valence-electron chi connectivity index (χ1n) is 16.5. The molecule has 3 aliphatic rings. The van der Waals surface area contributed by atoms with Crippen molar-refractivity contribution in [3.05, 3.63) is 83.7 Å². The number of pyridine rings is 1. The fraction of sp³-hybridized carbons (Fsp3) is 0.441. The standard InChI is InChI=1S/C34H38F4N6O5S/c35-29-23-41(22-24-3-8-27(9-4-24)49-34(36,37)38)16-13-30(29)40-32(45)25-5-12-31(39-21-25)33(46)43-19-17-42(18-20-43)26-6-10-28(11-7-26)50(47,48)44-14-1-2-15-44/h3-12,21,29-30H,1-2,13-20,22-23H2,(H,40,45)/t29-,30-/m1/s1. The number of hydrogen-bond donors (Lipinski definition) is 1. The van der Waals surface area contributed by atoms with Crippen LogP contribution in [0.15, 0.2) is 71.8 Å². The van der Waals surface area contributed by atoms with E-state index in [2.05, 4.69) is 19.9 Å². The van der Waals surface area contributed by atoms with Crippen molar-refractivity contribution in [3.63, 3.8) is 0 Å². The monoisotopic (exact) mass is 718 g/mol. The number of piperidine rings is 1. The first-order valence-corrected chi connectivity index (χ1v) is 17.9. The lowest BCUT2D eigenvalue weighted by molar-refractivity contribution is -0.274. The Morgan fingerprint density at radius 2 is 1.56 bits per heavy atom. The molecule has 4 heterocycles. The highest BCUT2D eigenvalue weighted by atomic mass is 32.2. The number of amides is 2. The van der Waals surface area contributed by atoms with E-state index in [1.54, 1.807) is 29.2 Å². The fourth-order valence-corrected chi connectivity index (χ4v) is 7.99. The third kappa shape index (κ3) is 8.53. The first kappa shape index (κ1) is 35.5. The van der Waals surface area contributed by atoms with Crippen LogP contribution in [0.3, 0.4) is 0 Å². The van der Waals surface area contributed by atoms with Crippen LogP contribution >= 0.6 is 0 Å². The fourth-order valence-electron chi connectivity index (χ4n) is 6.47. The highest BCUT2D eigenvalue weighted by Crippen LogP contribution is 2.26. The minimum Gasteiger partial charge on any atom is -0.406 e. The average molecular weight is 719 g/mol. The van der Waals surface area contributed by atoms with Gasteiger partial charge < -0.3 is 19.9 Å². The van der Waals surface area contributed by atoms with Gasteiger partial charge in [0.25, 0.3) is 11.8 Å². The zero-order chi connectivity index (χ0) is 35.5. The zero-order valence-corrected chi connectivity index (χ0v) is 28.0.